The normalized spacial score (nSPS) is 20.3. The molecule has 0 aromatic carbocycles. The molecule has 0 spiro atoms. The van der Waals surface area contributed by atoms with Crippen molar-refractivity contribution < 1.29 is 4.92 Å². The Labute approximate surface area is 97.6 Å². The molecule has 0 bridgehead atoms. The number of H-pyrrole nitrogens is 1. The molecule has 1 aliphatic heterocycles. The topological polar surface area (TPSA) is 92.1 Å². The molecule has 7 heteroatoms. The van der Waals surface area contributed by atoms with Crippen LogP contribution in [0.1, 0.15) is 26.2 Å². The summed E-state index contributed by atoms with van der Waals surface area (Å²) >= 11 is 0. The number of aromatic nitrogens is 2. The molecule has 2 heterocycles. The molecule has 0 aliphatic carbocycles. The summed E-state index contributed by atoms with van der Waals surface area (Å²) in [4.78, 5) is 29.8. The summed E-state index contributed by atoms with van der Waals surface area (Å²) in [5.74, 6) is 0.186. The molecule has 1 aliphatic rings. The third-order valence-corrected chi connectivity index (χ3v) is 3.07. The molecule has 92 valence electrons. The van der Waals surface area contributed by atoms with E-state index in [1.165, 1.54) is 6.33 Å². The first-order valence-electron chi connectivity index (χ1n) is 5.60. The summed E-state index contributed by atoms with van der Waals surface area (Å²) in [6.07, 6.45) is 4.25. The van der Waals surface area contributed by atoms with Gasteiger partial charge >= 0.3 is 11.2 Å². The van der Waals surface area contributed by atoms with Gasteiger partial charge < -0.3 is 9.88 Å². The maximum atomic E-state index is 11.5. The van der Waals surface area contributed by atoms with E-state index in [1.807, 2.05) is 11.8 Å². The van der Waals surface area contributed by atoms with Crippen molar-refractivity contribution in [3.05, 3.63) is 26.8 Å². The first-order chi connectivity index (χ1) is 8.11. The fraction of sp³-hybridized carbons (Fsp3) is 0.600. The highest BCUT2D eigenvalue weighted by Crippen LogP contribution is 2.27. The van der Waals surface area contributed by atoms with Crippen molar-refractivity contribution in [1.82, 2.24) is 9.97 Å². The average molecular weight is 238 g/mol. The van der Waals surface area contributed by atoms with E-state index in [2.05, 4.69) is 9.97 Å². The van der Waals surface area contributed by atoms with Crippen LogP contribution in [0.5, 0.6) is 0 Å². The summed E-state index contributed by atoms with van der Waals surface area (Å²) in [7, 11) is 0. The Morgan fingerprint density at radius 3 is 3.00 bits per heavy atom. The van der Waals surface area contributed by atoms with Gasteiger partial charge in [0.1, 0.15) is 0 Å². The van der Waals surface area contributed by atoms with Crippen LogP contribution in [-0.2, 0) is 0 Å². The lowest BCUT2D eigenvalue weighted by Gasteiger charge is -2.33. The van der Waals surface area contributed by atoms with Gasteiger partial charge in [-0.15, -0.1) is 0 Å². The minimum absolute atomic E-state index is 0.178. The minimum atomic E-state index is -0.697. The number of rotatable bonds is 2. The predicted molar refractivity (Wildman–Crippen MR) is 62.2 cm³/mol. The molecule has 1 saturated heterocycles. The van der Waals surface area contributed by atoms with Crippen LogP contribution in [0.2, 0.25) is 0 Å². The van der Waals surface area contributed by atoms with Crippen molar-refractivity contribution in [2.24, 2.45) is 0 Å². The van der Waals surface area contributed by atoms with Gasteiger partial charge in [-0.1, -0.05) is 0 Å². The van der Waals surface area contributed by atoms with E-state index in [0.717, 1.165) is 19.3 Å². The molecule has 7 nitrogen and oxygen atoms in total. The zero-order valence-corrected chi connectivity index (χ0v) is 9.55. The highest BCUT2D eigenvalue weighted by atomic mass is 16.6. The minimum Gasteiger partial charge on any atom is -0.348 e. The molecule has 0 saturated carbocycles. The number of hydrogen-bond donors (Lipinski definition) is 1. The average Bonchev–Trinajstić information content (AvgIpc) is 2.28. The molecule has 1 atom stereocenters. The number of aromatic amines is 1. The lowest BCUT2D eigenvalue weighted by molar-refractivity contribution is -0.385. The summed E-state index contributed by atoms with van der Waals surface area (Å²) in [6, 6.07) is 0.178. The Morgan fingerprint density at radius 2 is 2.35 bits per heavy atom. The summed E-state index contributed by atoms with van der Waals surface area (Å²) < 4.78 is 0. The molecular weight excluding hydrogens is 224 g/mol. The van der Waals surface area contributed by atoms with Gasteiger partial charge in [0.15, 0.2) is 0 Å². The number of nitrogens with one attached hydrogen (secondary N) is 1. The maximum absolute atomic E-state index is 11.5. The van der Waals surface area contributed by atoms with Crippen LogP contribution in [0.25, 0.3) is 0 Å². The second-order valence-electron chi connectivity index (χ2n) is 4.20. The maximum Gasteiger partial charge on any atom is 0.375 e. The highest BCUT2D eigenvalue weighted by Gasteiger charge is 2.29. The van der Waals surface area contributed by atoms with Gasteiger partial charge in [-0.25, -0.2) is 4.98 Å². The third kappa shape index (κ3) is 2.13. The van der Waals surface area contributed by atoms with Crippen LogP contribution in [-0.4, -0.2) is 27.5 Å². The Kier molecular flexibility index (Phi) is 3.08. The Balaban J connectivity index is 2.47. The van der Waals surface area contributed by atoms with Gasteiger partial charge in [0.2, 0.25) is 5.82 Å². The quantitative estimate of drug-likeness (QED) is 0.614. The fourth-order valence-corrected chi connectivity index (χ4v) is 2.17. The Bertz CT molecular complexity index is 485. The zero-order valence-electron chi connectivity index (χ0n) is 9.55. The second kappa shape index (κ2) is 4.52. The van der Waals surface area contributed by atoms with Crippen molar-refractivity contribution in [1.29, 1.82) is 0 Å². The highest BCUT2D eigenvalue weighted by molar-refractivity contribution is 5.56. The van der Waals surface area contributed by atoms with Gasteiger partial charge in [0, 0.05) is 12.6 Å². The lowest BCUT2D eigenvalue weighted by Crippen LogP contribution is -2.39. The van der Waals surface area contributed by atoms with E-state index < -0.39 is 16.2 Å². The van der Waals surface area contributed by atoms with Crippen LogP contribution >= 0.6 is 0 Å². The number of nitrogens with zero attached hydrogens (tertiary/aromatic N) is 3. The van der Waals surface area contributed by atoms with Crippen LogP contribution in [0.15, 0.2) is 11.1 Å². The standard InChI is InChI=1S/C10H14N4O3/c1-7-4-2-3-5-13(7)9-8(14(16)17)10(15)12-6-11-9/h6-7H,2-5H2,1H3,(H,11,12,15). The van der Waals surface area contributed by atoms with Crippen molar-refractivity contribution in [2.75, 3.05) is 11.4 Å². The molecule has 1 aromatic heterocycles. The van der Waals surface area contributed by atoms with Gasteiger partial charge in [0.25, 0.3) is 0 Å². The lowest BCUT2D eigenvalue weighted by atomic mass is 10.0. The summed E-state index contributed by atoms with van der Waals surface area (Å²) in [5, 5.41) is 10.9. The van der Waals surface area contributed by atoms with E-state index in [4.69, 9.17) is 0 Å². The molecule has 17 heavy (non-hydrogen) atoms. The van der Waals surface area contributed by atoms with Crippen molar-refractivity contribution in [2.45, 2.75) is 32.2 Å². The van der Waals surface area contributed by atoms with E-state index in [-0.39, 0.29) is 11.9 Å². The van der Waals surface area contributed by atoms with E-state index in [9.17, 15) is 14.9 Å². The van der Waals surface area contributed by atoms with Gasteiger partial charge in [-0.3, -0.25) is 14.9 Å². The molecule has 1 fully saturated rings. The first-order valence-corrected chi connectivity index (χ1v) is 5.60. The van der Waals surface area contributed by atoms with Gasteiger partial charge in [0.05, 0.1) is 11.3 Å². The number of hydrogen-bond acceptors (Lipinski definition) is 5. The molecule has 1 N–H and O–H groups in total. The van der Waals surface area contributed by atoms with E-state index >= 15 is 0 Å². The fourth-order valence-electron chi connectivity index (χ4n) is 2.17. The number of nitro groups is 1. The third-order valence-electron chi connectivity index (χ3n) is 3.07. The van der Waals surface area contributed by atoms with Crippen molar-refractivity contribution in [3.63, 3.8) is 0 Å². The monoisotopic (exact) mass is 238 g/mol. The van der Waals surface area contributed by atoms with Gasteiger partial charge in [-0.05, 0) is 26.2 Å². The van der Waals surface area contributed by atoms with Crippen molar-refractivity contribution >= 4 is 11.5 Å². The number of anilines is 1. The largest absolute Gasteiger partial charge is 0.375 e. The second-order valence-corrected chi connectivity index (χ2v) is 4.20. The smallest absolute Gasteiger partial charge is 0.348 e. The molecule has 1 unspecified atom stereocenters. The SMILES string of the molecule is CC1CCCCN1c1nc[nH]c(=O)c1[N+](=O)[O-]. The van der Waals surface area contributed by atoms with Crippen molar-refractivity contribution in [3.8, 4) is 0 Å². The molecular formula is C10H14N4O3. The zero-order chi connectivity index (χ0) is 12.4. The van der Waals surface area contributed by atoms with Crippen LogP contribution in [0.4, 0.5) is 11.5 Å². The Morgan fingerprint density at radius 1 is 1.59 bits per heavy atom. The Hall–Kier alpha value is -1.92. The molecule has 2 rings (SSSR count). The van der Waals surface area contributed by atoms with Crippen LogP contribution in [0.3, 0.4) is 0 Å². The summed E-state index contributed by atoms with van der Waals surface area (Å²) in [5.41, 5.74) is -1.15. The molecule has 1 aromatic rings. The first kappa shape index (κ1) is 11.6. The van der Waals surface area contributed by atoms with E-state index in [0.29, 0.717) is 6.54 Å². The van der Waals surface area contributed by atoms with E-state index in [1.54, 1.807) is 0 Å². The predicted octanol–water partition coefficient (Wildman–Crippen LogP) is 1.06. The summed E-state index contributed by atoms with van der Waals surface area (Å²) in [6.45, 7) is 2.70. The van der Waals surface area contributed by atoms with Crippen LogP contribution in [0, 0.1) is 10.1 Å². The van der Waals surface area contributed by atoms with Gasteiger partial charge in [-0.2, -0.15) is 0 Å². The number of piperidine rings is 1. The molecule has 0 amide bonds. The van der Waals surface area contributed by atoms with Crippen LogP contribution < -0.4 is 10.5 Å². The molecule has 0 radical (unpaired) electrons.